The Morgan fingerprint density at radius 2 is 1.86 bits per heavy atom. The van der Waals surface area contributed by atoms with Gasteiger partial charge in [-0.15, -0.1) is 0 Å². The van der Waals surface area contributed by atoms with Crippen molar-refractivity contribution in [1.82, 2.24) is 15.1 Å². The van der Waals surface area contributed by atoms with Crippen LogP contribution in [0, 0.1) is 0 Å². The Balaban J connectivity index is 1.90. The first kappa shape index (κ1) is 14.8. The maximum Gasteiger partial charge on any atom is 0.276 e. The average Bonchev–Trinajstić information content (AvgIpc) is 2.79. The molecule has 22 heavy (non-hydrogen) atoms. The molecular formula is C17H21N3O2. The minimum Gasteiger partial charge on any atom is -0.348 e. The SMILES string of the molecule is Cn1nc(C(=O)NC2CCCCCC2)c(=O)c2ccccc21. The summed E-state index contributed by atoms with van der Waals surface area (Å²) in [6.07, 6.45) is 6.69. The van der Waals surface area contributed by atoms with Gasteiger partial charge < -0.3 is 5.32 Å². The molecule has 5 nitrogen and oxygen atoms in total. The number of aryl methyl sites for hydroxylation is 1. The predicted octanol–water partition coefficient (Wildman–Crippen LogP) is 2.39. The van der Waals surface area contributed by atoms with Crippen molar-refractivity contribution in [2.75, 3.05) is 0 Å². The van der Waals surface area contributed by atoms with Crippen molar-refractivity contribution in [2.24, 2.45) is 7.05 Å². The fourth-order valence-electron chi connectivity index (χ4n) is 3.15. The normalized spacial score (nSPS) is 16.4. The van der Waals surface area contributed by atoms with Crippen molar-refractivity contribution in [2.45, 2.75) is 44.6 Å². The maximum atomic E-state index is 12.5. The number of hydrogen-bond acceptors (Lipinski definition) is 3. The van der Waals surface area contributed by atoms with Crippen LogP contribution in [-0.2, 0) is 7.05 Å². The van der Waals surface area contributed by atoms with E-state index in [-0.39, 0.29) is 23.1 Å². The van der Waals surface area contributed by atoms with E-state index in [0.29, 0.717) is 5.39 Å². The van der Waals surface area contributed by atoms with Gasteiger partial charge in [0, 0.05) is 18.5 Å². The number of nitrogens with zero attached hydrogens (tertiary/aromatic N) is 2. The standard InChI is InChI=1S/C17H21N3O2/c1-20-14-11-7-6-10-13(14)16(21)15(19-20)17(22)18-12-8-4-2-3-5-9-12/h6-7,10-12H,2-5,8-9H2,1H3,(H,18,22). The lowest BCUT2D eigenvalue weighted by atomic mass is 10.1. The Morgan fingerprint density at radius 3 is 2.59 bits per heavy atom. The van der Waals surface area contributed by atoms with Crippen LogP contribution in [0.3, 0.4) is 0 Å². The third-order valence-electron chi connectivity index (χ3n) is 4.37. The smallest absolute Gasteiger partial charge is 0.276 e. The number of amides is 1. The Kier molecular flexibility index (Phi) is 4.22. The summed E-state index contributed by atoms with van der Waals surface area (Å²) in [7, 11) is 1.75. The number of benzene rings is 1. The van der Waals surface area contributed by atoms with E-state index in [1.807, 2.05) is 12.1 Å². The minimum absolute atomic E-state index is 0.00885. The number of nitrogens with one attached hydrogen (secondary N) is 1. The van der Waals surface area contributed by atoms with Gasteiger partial charge in [-0.1, -0.05) is 37.8 Å². The van der Waals surface area contributed by atoms with Crippen LogP contribution in [0.2, 0.25) is 0 Å². The van der Waals surface area contributed by atoms with E-state index in [0.717, 1.165) is 31.2 Å². The Labute approximate surface area is 129 Å². The fraction of sp³-hybridized carbons (Fsp3) is 0.471. The summed E-state index contributed by atoms with van der Waals surface area (Å²) in [5.41, 5.74) is 0.434. The van der Waals surface area contributed by atoms with Crippen LogP contribution >= 0.6 is 0 Å². The summed E-state index contributed by atoms with van der Waals surface area (Å²) in [5, 5.41) is 7.71. The van der Waals surface area contributed by atoms with Crippen molar-refractivity contribution in [3.8, 4) is 0 Å². The molecular weight excluding hydrogens is 278 g/mol. The lowest BCUT2D eigenvalue weighted by Crippen LogP contribution is -2.38. The Morgan fingerprint density at radius 1 is 1.18 bits per heavy atom. The summed E-state index contributed by atoms with van der Waals surface area (Å²) in [4.78, 5) is 24.9. The molecule has 1 aliphatic carbocycles. The lowest BCUT2D eigenvalue weighted by Gasteiger charge is -2.16. The van der Waals surface area contributed by atoms with Crippen LogP contribution in [0.5, 0.6) is 0 Å². The molecule has 1 aromatic heterocycles. The highest BCUT2D eigenvalue weighted by Crippen LogP contribution is 2.17. The monoisotopic (exact) mass is 299 g/mol. The number of aromatic nitrogens is 2. The number of carbonyl (C=O) groups is 1. The van der Waals surface area contributed by atoms with Crippen LogP contribution in [0.4, 0.5) is 0 Å². The van der Waals surface area contributed by atoms with Gasteiger partial charge in [-0.3, -0.25) is 14.3 Å². The maximum absolute atomic E-state index is 12.5. The van der Waals surface area contributed by atoms with Crippen LogP contribution in [0.15, 0.2) is 29.1 Å². The van der Waals surface area contributed by atoms with Gasteiger partial charge >= 0.3 is 0 Å². The number of hydrogen-bond donors (Lipinski definition) is 1. The molecule has 3 rings (SSSR count). The molecule has 0 atom stereocenters. The third kappa shape index (κ3) is 2.89. The summed E-state index contributed by atoms with van der Waals surface area (Å²) in [5.74, 6) is -0.349. The van der Waals surface area contributed by atoms with Crippen LogP contribution < -0.4 is 10.7 Å². The molecule has 0 spiro atoms. The topological polar surface area (TPSA) is 64.0 Å². The van der Waals surface area contributed by atoms with Gasteiger partial charge in [0.2, 0.25) is 5.43 Å². The van der Waals surface area contributed by atoms with Gasteiger partial charge in [0.15, 0.2) is 5.69 Å². The fourth-order valence-corrected chi connectivity index (χ4v) is 3.15. The second kappa shape index (κ2) is 6.30. The van der Waals surface area contributed by atoms with Crippen molar-refractivity contribution in [3.05, 3.63) is 40.2 Å². The summed E-state index contributed by atoms with van der Waals surface area (Å²) < 4.78 is 1.60. The van der Waals surface area contributed by atoms with Crippen molar-refractivity contribution >= 4 is 16.8 Å². The van der Waals surface area contributed by atoms with Gasteiger partial charge in [0.1, 0.15) is 0 Å². The van der Waals surface area contributed by atoms with Crippen LogP contribution in [0.1, 0.15) is 49.0 Å². The van der Waals surface area contributed by atoms with Gasteiger partial charge in [-0.2, -0.15) is 5.10 Å². The molecule has 1 N–H and O–H groups in total. The third-order valence-corrected chi connectivity index (χ3v) is 4.37. The molecule has 1 saturated carbocycles. The molecule has 116 valence electrons. The largest absolute Gasteiger partial charge is 0.348 e. The van der Waals surface area contributed by atoms with Gasteiger partial charge in [-0.25, -0.2) is 0 Å². The van der Waals surface area contributed by atoms with Crippen molar-refractivity contribution < 1.29 is 4.79 Å². The number of fused-ring (bicyclic) bond motifs is 1. The van der Waals surface area contributed by atoms with E-state index in [9.17, 15) is 9.59 Å². The molecule has 1 fully saturated rings. The first-order chi connectivity index (χ1) is 10.7. The molecule has 5 heteroatoms. The van der Waals surface area contributed by atoms with Crippen LogP contribution in [-0.4, -0.2) is 21.7 Å². The molecule has 0 aliphatic heterocycles. The zero-order valence-corrected chi connectivity index (χ0v) is 12.8. The quantitative estimate of drug-likeness (QED) is 0.866. The molecule has 0 saturated heterocycles. The second-order valence-corrected chi connectivity index (χ2v) is 5.98. The zero-order chi connectivity index (χ0) is 15.5. The van der Waals surface area contributed by atoms with Crippen LogP contribution in [0.25, 0.3) is 10.9 Å². The number of carbonyl (C=O) groups excluding carboxylic acids is 1. The molecule has 1 heterocycles. The van der Waals surface area contributed by atoms with E-state index in [1.54, 1.807) is 23.9 Å². The van der Waals surface area contributed by atoms with E-state index in [1.165, 1.54) is 12.8 Å². The Hall–Kier alpha value is -2.17. The van der Waals surface area contributed by atoms with E-state index >= 15 is 0 Å². The second-order valence-electron chi connectivity index (χ2n) is 5.98. The summed E-state index contributed by atoms with van der Waals surface area (Å²) >= 11 is 0. The molecule has 0 unspecified atom stereocenters. The molecule has 1 amide bonds. The molecule has 0 radical (unpaired) electrons. The van der Waals surface area contributed by atoms with Crippen molar-refractivity contribution in [1.29, 1.82) is 0 Å². The average molecular weight is 299 g/mol. The first-order valence-electron chi connectivity index (χ1n) is 7.94. The van der Waals surface area contributed by atoms with Gasteiger partial charge in [0.25, 0.3) is 5.91 Å². The Bertz CT molecular complexity index is 743. The lowest BCUT2D eigenvalue weighted by molar-refractivity contribution is 0.0925. The van der Waals surface area contributed by atoms with Gasteiger partial charge in [-0.05, 0) is 25.0 Å². The minimum atomic E-state index is -0.349. The highest BCUT2D eigenvalue weighted by Gasteiger charge is 2.20. The number of para-hydroxylation sites is 1. The molecule has 0 bridgehead atoms. The van der Waals surface area contributed by atoms with Crippen molar-refractivity contribution in [3.63, 3.8) is 0 Å². The first-order valence-corrected chi connectivity index (χ1v) is 7.94. The molecule has 2 aromatic rings. The highest BCUT2D eigenvalue weighted by molar-refractivity contribution is 5.95. The van der Waals surface area contributed by atoms with Gasteiger partial charge in [0.05, 0.1) is 5.52 Å². The van der Waals surface area contributed by atoms with E-state index in [2.05, 4.69) is 10.4 Å². The molecule has 1 aromatic carbocycles. The zero-order valence-electron chi connectivity index (χ0n) is 12.8. The van der Waals surface area contributed by atoms with E-state index in [4.69, 9.17) is 0 Å². The summed E-state index contributed by atoms with van der Waals surface area (Å²) in [6, 6.07) is 7.39. The highest BCUT2D eigenvalue weighted by atomic mass is 16.2. The van der Waals surface area contributed by atoms with E-state index < -0.39 is 0 Å². The number of rotatable bonds is 2. The summed E-state index contributed by atoms with van der Waals surface area (Å²) in [6.45, 7) is 0. The molecule has 1 aliphatic rings. The predicted molar refractivity (Wildman–Crippen MR) is 85.9 cm³/mol.